The molecule has 40 heavy (non-hydrogen) atoms. The minimum absolute atomic E-state index is 0.0691. The SMILES string of the molecule is C=C1[C@H](C(C)=Nc2c(C(C)C)cccc2C(C)C)[C@H](c2ccccc2)[O][Ge][N]1c1c(C(C)C)cccc1C(C)C. The van der Waals surface area contributed by atoms with Crippen molar-refractivity contribution in [1.29, 1.82) is 0 Å². The molecule has 4 rings (SSSR count). The summed E-state index contributed by atoms with van der Waals surface area (Å²) in [5.41, 5.74) is 11.1. The third-order valence-electron chi connectivity index (χ3n) is 7.99. The Balaban J connectivity index is 1.90. The first-order valence-electron chi connectivity index (χ1n) is 14.8. The van der Waals surface area contributed by atoms with Crippen LogP contribution in [-0.2, 0) is 3.76 Å². The summed E-state index contributed by atoms with van der Waals surface area (Å²) in [5, 5.41) is 0. The van der Waals surface area contributed by atoms with Crippen LogP contribution in [0.25, 0.3) is 0 Å². The molecule has 0 aliphatic carbocycles. The van der Waals surface area contributed by atoms with E-state index in [9.17, 15) is 0 Å². The number of hydrogen-bond donors (Lipinski definition) is 0. The monoisotopic (exact) mass is 596 g/mol. The van der Waals surface area contributed by atoms with Crippen molar-refractivity contribution in [3.05, 3.63) is 107 Å². The third-order valence-corrected chi connectivity index (χ3v) is 10.2. The molecule has 1 saturated heterocycles. The van der Waals surface area contributed by atoms with Crippen molar-refractivity contribution >= 4 is 33.1 Å². The quantitative estimate of drug-likeness (QED) is 0.191. The molecule has 2 atom stereocenters. The Kier molecular flexibility index (Phi) is 9.79. The second kappa shape index (κ2) is 12.9. The molecule has 1 aliphatic rings. The van der Waals surface area contributed by atoms with E-state index in [0.29, 0.717) is 23.7 Å². The third kappa shape index (κ3) is 6.16. The molecule has 0 aromatic heterocycles. The molecule has 3 nitrogen and oxygen atoms in total. The van der Waals surface area contributed by atoms with Gasteiger partial charge >= 0.3 is 251 Å². The minimum atomic E-state index is -0.960. The van der Waals surface area contributed by atoms with E-state index in [1.165, 1.54) is 33.5 Å². The van der Waals surface area contributed by atoms with Crippen LogP contribution in [0, 0.1) is 5.92 Å². The zero-order valence-electron chi connectivity index (χ0n) is 25.8. The summed E-state index contributed by atoms with van der Waals surface area (Å²) < 4.78 is 9.36. The zero-order valence-corrected chi connectivity index (χ0v) is 27.9. The molecule has 2 radical (unpaired) electrons. The van der Waals surface area contributed by atoms with E-state index in [0.717, 1.165) is 17.1 Å². The Hall–Kier alpha value is -2.63. The summed E-state index contributed by atoms with van der Waals surface area (Å²) in [6.45, 7) is 25.1. The van der Waals surface area contributed by atoms with E-state index >= 15 is 0 Å². The predicted octanol–water partition coefficient (Wildman–Crippen LogP) is 10.2. The molecule has 4 heteroatoms. The molecule has 0 spiro atoms. The van der Waals surface area contributed by atoms with E-state index in [1.807, 2.05) is 0 Å². The van der Waals surface area contributed by atoms with Gasteiger partial charge in [0.15, 0.2) is 0 Å². The Bertz CT molecular complexity index is 1300. The maximum absolute atomic E-state index is 6.91. The van der Waals surface area contributed by atoms with Crippen molar-refractivity contribution < 1.29 is 3.76 Å². The van der Waals surface area contributed by atoms with Crippen LogP contribution in [0.1, 0.15) is 120 Å². The van der Waals surface area contributed by atoms with Crippen molar-refractivity contribution in [2.45, 2.75) is 92.1 Å². The molecule has 1 heterocycles. The first-order chi connectivity index (χ1) is 19.0. The number of aliphatic imine (C=N–C) groups is 1. The van der Waals surface area contributed by atoms with Crippen LogP contribution in [0.5, 0.6) is 0 Å². The molecule has 0 N–H and O–H groups in total. The first-order valence-corrected chi connectivity index (χ1v) is 16.6. The van der Waals surface area contributed by atoms with Crippen LogP contribution in [0.2, 0.25) is 0 Å². The fraction of sp³-hybridized carbons (Fsp3) is 0.417. The number of benzene rings is 3. The van der Waals surface area contributed by atoms with Crippen LogP contribution in [0.4, 0.5) is 11.4 Å². The van der Waals surface area contributed by atoms with Gasteiger partial charge in [-0.15, -0.1) is 0 Å². The van der Waals surface area contributed by atoms with Crippen LogP contribution in [-0.4, -0.2) is 21.7 Å². The normalized spacial score (nSPS) is 18.5. The summed E-state index contributed by atoms with van der Waals surface area (Å²) in [7, 11) is 0. The van der Waals surface area contributed by atoms with Gasteiger partial charge < -0.3 is 0 Å². The van der Waals surface area contributed by atoms with Gasteiger partial charge in [-0.05, 0) is 0 Å². The summed E-state index contributed by atoms with van der Waals surface area (Å²) in [6.07, 6.45) is -0.101. The number of rotatable bonds is 8. The van der Waals surface area contributed by atoms with Crippen molar-refractivity contribution in [2.24, 2.45) is 10.9 Å². The van der Waals surface area contributed by atoms with E-state index in [-0.39, 0.29) is 12.0 Å². The van der Waals surface area contributed by atoms with Gasteiger partial charge in [0, 0.05) is 0 Å². The molecule has 1 aliphatic heterocycles. The van der Waals surface area contributed by atoms with E-state index in [4.69, 9.17) is 15.3 Å². The van der Waals surface area contributed by atoms with Crippen LogP contribution in [0.3, 0.4) is 0 Å². The van der Waals surface area contributed by atoms with Gasteiger partial charge in [-0.25, -0.2) is 0 Å². The van der Waals surface area contributed by atoms with Crippen LogP contribution >= 0.6 is 0 Å². The molecule has 0 saturated carbocycles. The molecular weight excluding hydrogens is 549 g/mol. The standard InChI is InChI=1S/C36H46GeN2O/c1-22(2)29-18-14-19-30(23(3)4)34(29)38-26(9)33-27(10)39(37-40-36(33)28-16-12-11-13-17-28)35-31(24(5)6)20-15-21-32(35)25(7)8/h11-25,33,36H,10H2,1-9H3/t33-,36-/m0/s1. The van der Waals surface area contributed by atoms with Gasteiger partial charge in [0.1, 0.15) is 0 Å². The Morgan fingerprint density at radius 2 is 1.20 bits per heavy atom. The summed E-state index contributed by atoms with van der Waals surface area (Å²) in [6, 6.07) is 24.0. The maximum atomic E-state index is 6.91. The van der Waals surface area contributed by atoms with E-state index in [2.05, 4.69) is 133 Å². The van der Waals surface area contributed by atoms with Crippen molar-refractivity contribution in [3.63, 3.8) is 0 Å². The van der Waals surface area contributed by atoms with Crippen LogP contribution in [0.15, 0.2) is 84.0 Å². The second-order valence-electron chi connectivity index (χ2n) is 12.3. The molecular formula is C36H46GeN2O. The van der Waals surface area contributed by atoms with Gasteiger partial charge in [0.05, 0.1) is 0 Å². The van der Waals surface area contributed by atoms with E-state index in [1.54, 1.807) is 0 Å². The predicted molar refractivity (Wildman–Crippen MR) is 173 cm³/mol. The fourth-order valence-electron chi connectivity index (χ4n) is 5.76. The Labute approximate surface area is 249 Å². The number of para-hydroxylation sites is 2. The average molecular weight is 595 g/mol. The second-order valence-corrected chi connectivity index (χ2v) is 14.1. The molecule has 3 aromatic carbocycles. The average Bonchev–Trinajstić information content (AvgIpc) is 2.92. The summed E-state index contributed by atoms with van der Waals surface area (Å²) in [5.74, 6) is 1.51. The molecule has 3 aromatic rings. The molecule has 1 fully saturated rings. The van der Waals surface area contributed by atoms with Crippen molar-refractivity contribution in [1.82, 2.24) is 0 Å². The molecule has 0 bridgehead atoms. The van der Waals surface area contributed by atoms with Gasteiger partial charge in [-0.1, -0.05) is 0 Å². The van der Waals surface area contributed by atoms with E-state index < -0.39 is 16.0 Å². The van der Waals surface area contributed by atoms with Crippen LogP contribution < -0.4 is 3.86 Å². The number of nitrogens with zero attached hydrogens (tertiary/aromatic N) is 2. The van der Waals surface area contributed by atoms with Gasteiger partial charge in [0.25, 0.3) is 0 Å². The molecule has 0 unspecified atom stereocenters. The molecule has 0 amide bonds. The van der Waals surface area contributed by atoms with Crippen molar-refractivity contribution in [3.8, 4) is 0 Å². The zero-order chi connectivity index (χ0) is 29.1. The van der Waals surface area contributed by atoms with Gasteiger partial charge in [-0.3, -0.25) is 0 Å². The first kappa shape index (κ1) is 30.3. The number of hydrogen-bond acceptors (Lipinski definition) is 3. The topological polar surface area (TPSA) is 24.8 Å². The van der Waals surface area contributed by atoms with Gasteiger partial charge in [-0.2, -0.15) is 0 Å². The molecule has 210 valence electrons. The summed E-state index contributed by atoms with van der Waals surface area (Å²) in [4.78, 5) is 5.46. The summed E-state index contributed by atoms with van der Waals surface area (Å²) >= 11 is -0.960. The van der Waals surface area contributed by atoms with Gasteiger partial charge in [0.2, 0.25) is 0 Å². The Morgan fingerprint density at radius 3 is 1.68 bits per heavy atom. The fourth-order valence-corrected chi connectivity index (χ4v) is 8.06. The van der Waals surface area contributed by atoms with Crippen molar-refractivity contribution in [2.75, 3.05) is 3.86 Å². The Morgan fingerprint density at radius 1 is 0.725 bits per heavy atom. The number of anilines is 1.